The van der Waals surface area contributed by atoms with Crippen LogP contribution in [0.25, 0.3) is 0 Å². The minimum atomic E-state index is -1.02. The average Bonchev–Trinajstić information content (AvgIpc) is 2.35. The highest BCUT2D eigenvalue weighted by molar-refractivity contribution is 5.99. The summed E-state index contributed by atoms with van der Waals surface area (Å²) in [5, 5.41) is 4.90. The van der Waals surface area contributed by atoms with Crippen LogP contribution in [0.15, 0.2) is 42.7 Å². The molecule has 18 heavy (non-hydrogen) atoms. The zero-order valence-electron chi connectivity index (χ0n) is 9.15. The Kier molecular flexibility index (Phi) is 3.47. The number of halogens is 2. The maximum atomic E-state index is 12.9. The van der Waals surface area contributed by atoms with Gasteiger partial charge in [-0.25, -0.2) is 13.6 Å². The van der Waals surface area contributed by atoms with Crippen molar-refractivity contribution in [2.24, 2.45) is 0 Å². The SMILES string of the molecule is O=C(Nc1ccncc1)Nc1ccc(F)c(F)c1. The Morgan fingerprint density at radius 1 is 0.944 bits per heavy atom. The van der Waals surface area contributed by atoms with E-state index >= 15 is 0 Å². The van der Waals surface area contributed by atoms with Gasteiger partial charge in [-0.3, -0.25) is 4.98 Å². The highest BCUT2D eigenvalue weighted by Gasteiger charge is 2.06. The van der Waals surface area contributed by atoms with Crippen molar-refractivity contribution in [1.82, 2.24) is 4.98 Å². The van der Waals surface area contributed by atoms with Gasteiger partial charge in [0.25, 0.3) is 0 Å². The first-order valence-corrected chi connectivity index (χ1v) is 5.08. The van der Waals surface area contributed by atoms with Gasteiger partial charge in [0.05, 0.1) is 0 Å². The van der Waals surface area contributed by atoms with Crippen molar-refractivity contribution in [2.45, 2.75) is 0 Å². The fraction of sp³-hybridized carbons (Fsp3) is 0. The summed E-state index contributed by atoms with van der Waals surface area (Å²) in [5.74, 6) is -1.98. The third kappa shape index (κ3) is 3.00. The highest BCUT2D eigenvalue weighted by Crippen LogP contribution is 2.13. The Bertz CT molecular complexity index is 561. The van der Waals surface area contributed by atoms with E-state index in [2.05, 4.69) is 15.6 Å². The van der Waals surface area contributed by atoms with Crippen LogP contribution in [0, 0.1) is 11.6 Å². The van der Waals surface area contributed by atoms with Crippen molar-refractivity contribution >= 4 is 17.4 Å². The molecule has 1 heterocycles. The molecule has 2 N–H and O–H groups in total. The predicted molar refractivity (Wildman–Crippen MR) is 63.2 cm³/mol. The first kappa shape index (κ1) is 12.0. The lowest BCUT2D eigenvalue weighted by molar-refractivity contribution is 0.262. The average molecular weight is 249 g/mol. The molecule has 1 aromatic carbocycles. The lowest BCUT2D eigenvalue weighted by Crippen LogP contribution is -2.19. The van der Waals surface area contributed by atoms with Crippen LogP contribution in [0.2, 0.25) is 0 Å². The highest BCUT2D eigenvalue weighted by atomic mass is 19.2. The van der Waals surface area contributed by atoms with Crippen LogP contribution in [0.1, 0.15) is 0 Å². The van der Waals surface area contributed by atoms with Crippen LogP contribution in [-0.4, -0.2) is 11.0 Å². The predicted octanol–water partition coefficient (Wildman–Crippen LogP) is 3.00. The van der Waals surface area contributed by atoms with Crippen molar-refractivity contribution < 1.29 is 13.6 Å². The van der Waals surface area contributed by atoms with E-state index in [1.807, 2.05) is 0 Å². The Morgan fingerprint density at radius 2 is 1.61 bits per heavy atom. The monoisotopic (exact) mass is 249 g/mol. The van der Waals surface area contributed by atoms with Crippen LogP contribution >= 0.6 is 0 Å². The van der Waals surface area contributed by atoms with E-state index in [-0.39, 0.29) is 5.69 Å². The molecule has 0 bridgehead atoms. The number of amides is 2. The molecule has 6 heteroatoms. The normalized spacial score (nSPS) is 9.89. The molecule has 4 nitrogen and oxygen atoms in total. The van der Waals surface area contributed by atoms with Crippen LogP contribution in [0.5, 0.6) is 0 Å². The standard InChI is InChI=1S/C12H9F2N3O/c13-10-2-1-9(7-11(10)14)17-12(18)16-8-3-5-15-6-4-8/h1-7H,(H2,15,16,17,18). The zero-order valence-corrected chi connectivity index (χ0v) is 9.15. The van der Waals surface area contributed by atoms with Gasteiger partial charge in [-0.2, -0.15) is 0 Å². The molecule has 0 fully saturated rings. The molecule has 2 rings (SSSR count). The summed E-state index contributed by atoms with van der Waals surface area (Å²) >= 11 is 0. The van der Waals surface area contributed by atoms with Crippen molar-refractivity contribution in [3.8, 4) is 0 Å². The van der Waals surface area contributed by atoms with Crippen molar-refractivity contribution in [3.63, 3.8) is 0 Å². The Labute approximate surface area is 102 Å². The molecule has 0 aliphatic heterocycles. The molecule has 0 atom stereocenters. The number of aromatic nitrogens is 1. The van der Waals surface area contributed by atoms with Gasteiger partial charge in [-0.15, -0.1) is 0 Å². The molecule has 0 aliphatic rings. The summed E-state index contributed by atoms with van der Waals surface area (Å²) in [6.45, 7) is 0. The second-order valence-corrected chi connectivity index (χ2v) is 3.44. The minimum Gasteiger partial charge on any atom is -0.308 e. The van der Waals surface area contributed by atoms with Crippen LogP contribution in [0.4, 0.5) is 25.0 Å². The number of anilines is 2. The molecule has 0 radical (unpaired) electrons. The number of urea groups is 1. The molecular weight excluding hydrogens is 240 g/mol. The maximum Gasteiger partial charge on any atom is 0.323 e. The van der Waals surface area contributed by atoms with Gasteiger partial charge in [-0.05, 0) is 24.3 Å². The van der Waals surface area contributed by atoms with Crippen LogP contribution in [-0.2, 0) is 0 Å². The molecule has 1 aromatic heterocycles. The third-order valence-corrected chi connectivity index (χ3v) is 2.12. The number of carbonyl (C=O) groups excluding carboxylic acids is 1. The molecule has 0 aliphatic carbocycles. The Morgan fingerprint density at radius 3 is 2.28 bits per heavy atom. The number of carbonyl (C=O) groups is 1. The van der Waals surface area contributed by atoms with E-state index < -0.39 is 17.7 Å². The van der Waals surface area contributed by atoms with Gasteiger partial charge >= 0.3 is 6.03 Å². The van der Waals surface area contributed by atoms with Gasteiger partial charge in [-0.1, -0.05) is 0 Å². The van der Waals surface area contributed by atoms with Crippen LogP contribution in [0.3, 0.4) is 0 Å². The first-order valence-electron chi connectivity index (χ1n) is 5.08. The topological polar surface area (TPSA) is 54.0 Å². The fourth-order valence-corrected chi connectivity index (χ4v) is 1.30. The van der Waals surface area contributed by atoms with Crippen molar-refractivity contribution in [3.05, 3.63) is 54.4 Å². The van der Waals surface area contributed by atoms with Crippen molar-refractivity contribution in [2.75, 3.05) is 10.6 Å². The van der Waals surface area contributed by atoms with E-state index in [1.165, 1.54) is 18.5 Å². The Hall–Kier alpha value is -2.50. The number of nitrogens with one attached hydrogen (secondary N) is 2. The second-order valence-electron chi connectivity index (χ2n) is 3.44. The molecule has 0 unspecified atom stereocenters. The van der Waals surface area contributed by atoms with Gasteiger partial charge in [0, 0.05) is 29.8 Å². The number of benzene rings is 1. The van der Waals surface area contributed by atoms with E-state index in [4.69, 9.17) is 0 Å². The number of nitrogens with zero attached hydrogens (tertiary/aromatic N) is 1. The molecule has 2 amide bonds. The lowest BCUT2D eigenvalue weighted by Gasteiger charge is -2.07. The summed E-state index contributed by atoms with van der Waals surface area (Å²) in [7, 11) is 0. The van der Waals surface area contributed by atoms with E-state index in [1.54, 1.807) is 12.1 Å². The van der Waals surface area contributed by atoms with Crippen molar-refractivity contribution in [1.29, 1.82) is 0 Å². The number of rotatable bonds is 2. The molecule has 92 valence electrons. The molecule has 0 saturated heterocycles. The third-order valence-electron chi connectivity index (χ3n) is 2.12. The maximum absolute atomic E-state index is 12.9. The van der Waals surface area contributed by atoms with Gasteiger partial charge in [0.1, 0.15) is 0 Å². The Balaban J connectivity index is 2.01. The summed E-state index contributed by atoms with van der Waals surface area (Å²) in [4.78, 5) is 15.3. The first-order chi connectivity index (χ1) is 8.65. The smallest absolute Gasteiger partial charge is 0.308 e. The summed E-state index contributed by atoms with van der Waals surface area (Å²) in [6, 6.07) is 5.77. The minimum absolute atomic E-state index is 0.167. The van der Waals surface area contributed by atoms with E-state index in [0.29, 0.717) is 5.69 Å². The van der Waals surface area contributed by atoms with Crippen LogP contribution < -0.4 is 10.6 Å². The molecule has 0 saturated carbocycles. The van der Waals surface area contributed by atoms with Gasteiger partial charge < -0.3 is 10.6 Å². The van der Waals surface area contributed by atoms with E-state index in [0.717, 1.165) is 12.1 Å². The number of pyridine rings is 1. The number of hydrogen-bond donors (Lipinski definition) is 2. The van der Waals surface area contributed by atoms with Gasteiger partial charge in [0.15, 0.2) is 11.6 Å². The van der Waals surface area contributed by atoms with E-state index in [9.17, 15) is 13.6 Å². The molecular formula is C12H9F2N3O. The summed E-state index contributed by atoms with van der Waals surface area (Å²) in [5.41, 5.74) is 0.713. The quantitative estimate of drug-likeness (QED) is 0.859. The lowest BCUT2D eigenvalue weighted by atomic mass is 10.3. The largest absolute Gasteiger partial charge is 0.323 e. The molecule has 2 aromatic rings. The second kappa shape index (κ2) is 5.22. The molecule has 0 spiro atoms. The van der Waals surface area contributed by atoms with Gasteiger partial charge in [0.2, 0.25) is 0 Å². The fourth-order valence-electron chi connectivity index (χ4n) is 1.30. The summed E-state index contributed by atoms with van der Waals surface area (Å²) < 4.78 is 25.6. The zero-order chi connectivity index (χ0) is 13.0. The number of hydrogen-bond acceptors (Lipinski definition) is 2. The summed E-state index contributed by atoms with van der Waals surface area (Å²) in [6.07, 6.45) is 3.04.